The van der Waals surface area contributed by atoms with Crippen molar-refractivity contribution in [1.29, 1.82) is 0 Å². The minimum absolute atomic E-state index is 0.0550. The second-order valence-electron chi connectivity index (χ2n) is 3.65. The van der Waals surface area contributed by atoms with E-state index in [1.54, 1.807) is 0 Å². The highest BCUT2D eigenvalue weighted by molar-refractivity contribution is 7.92. The summed E-state index contributed by atoms with van der Waals surface area (Å²) in [6, 6.07) is 6.06. The van der Waals surface area contributed by atoms with Crippen LogP contribution >= 0.6 is 11.6 Å². The standard InChI is InChI=1S/C11H9ClFN3O2S/c12-7-1-2-10(9(13)5-7)16-19(17,18)8-3-4-15-11(14)6-8/h1-6,16H,(H2,14,15). The Balaban J connectivity index is 2.36. The Bertz CT molecular complexity index is 722. The number of hydrogen-bond acceptors (Lipinski definition) is 4. The molecule has 1 aromatic carbocycles. The molecule has 0 aliphatic rings. The number of nitrogens with one attached hydrogen (secondary N) is 1. The van der Waals surface area contributed by atoms with Crippen molar-refractivity contribution in [3.05, 3.63) is 47.4 Å². The van der Waals surface area contributed by atoms with Gasteiger partial charge in [-0.2, -0.15) is 0 Å². The molecule has 0 bridgehead atoms. The zero-order valence-electron chi connectivity index (χ0n) is 9.47. The molecule has 1 aromatic heterocycles. The molecule has 8 heteroatoms. The topological polar surface area (TPSA) is 85.1 Å². The van der Waals surface area contributed by atoms with Crippen LogP contribution in [0.2, 0.25) is 5.02 Å². The van der Waals surface area contributed by atoms with E-state index in [1.807, 2.05) is 0 Å². The van der Waals surface area contributed by atoms with Crippen molar-refractivity contribution in [1.82, 2.24) is 4.98 Å². The van der Waals surface area contributed by atoms with Gasteiger partial charge < -0.3 is 5.73 Å². The van der Waals surface area contributed by atoms with Crippen molar-refractivity contribution in [3.8, 4) is 0 Å². The summed E-state index contributed by atoms with van der Waals surface area (Å²) in [4.78, 5) is 3.58. The molecule has 3 N–H and O–H groups in total. The average molecular weight is 302 g/mol. The smallest absolute Gasteiger partial charge is 0.262 e. The first kappa shape index (κ1) is 13.6. The van der Waals surface area contributed by atoms with E-state index in [4.69, 9.17) is 17.3 Å². The first-order chi connectivity index (χ1) is 8.88. The zero-order chi connectivity index (χ0) is 14.0. The van der Waals surface area contributed by atoms with Crippen LogP contribution in [0.1, 0.15) is 0 Å². The van der Waals surface area contributed by atoms with Crippen LogP contribution in [0.5, 0.6) is 0 Å². The van der Waals surface area contributed by atoms with Gasteiger partial charge in [0.05, 0.1) is 10.6 Å². The summed E-state index contributed by atoms with van der Waals surface area (Å²) in [5.41, 5.74) is 5.21. The van der Waals surface area contributed by atoms with E-state index in [-0.39, 0.29) is 21.4 Å². The molecule has 0 saturated carbocycles. The molecule has 5 nitrogen and oxygen atoms in total. The highest BCUT2D eigenvalue weighted by Gasteiger charge is 2.16. The fourth-order valence-corrected chi connectivity index (χ4v) is 2.62. The molecule has 19 heavy (non-hydrogen) atoms. The fourth-order valence-electron chi connectivity index (χ4n) is 1.37. The first-order valence-corrected chi connectivity index (χ1v) is 6.94. The van der Waals surface area contributed by atoms with Crippen molar-refractivity contribution >= 4 is 33.1 Å². The molecule has 0 aliphatic carbocycles. The summed E-state index contributed by atoms with van der Waals surface area (Å²) in [6.07, 6.45) is 1.25. The summed E-state index contributed by atoms with van der Waals surface area (Å²) in [5.74, 6) is -0.711. The Hall–Kier alpha value is -1.86. The molecule has 1 heterocycles. The molecule has 0 atom stereocenters. The van der Waals surface area contributed by atoms with E-state index in [9.17, 15) is 12.8 Å². The van der Waals surface area contributed by atoms with Gasteiger partial charge in [-0.3, -0.25) is 4.72 Å². The molecular formula is C11H9ClFN3O2S. The number of pyridine rings is 1. The molecule has 0 radical (unpaired) electrons. The van der Waals surface area contributed by atoms with Gasteiger partial charge in [0.2, 0.25) is 0 Å². The van der Waals surface area contributed by atoms with Gasteiger partial charge >= 0.3 is 0 Å². The number of nitrogens with two attached hydrogens (primary N) is 1. The van der Waals surface area contributed by atoms with Crippen molar-refractivity contribution in [3.63, 3.8) is 0 Å². The zero-order valence-corrected chi connectivity index (χ0v) is 11.0. The maximum Gasteiger partial charge on any atom is 0.262 e. The minimum Gasteiger partial charge on any atom is -0.384 e. The third-order valence-corrected chi connectivity index (χ3v) is 3.84. The Morgan fingerprint density at radius 2 is 2.00 bits per heavy atom. The highest BCUT2D eigenvalue weighted by atomic mass is 35.5. The van der Waals surface area contributed by atoms with Crippen molar-refractivity contribution in [2.45, 2.75) is 4.90 Å². The fraction of sp³-hybridized carbons (Fsp3) is 0. The Labute approximate surface area is 114 Å². The molecule has 2 rings (SSSR count). The van der Waals surface area contributed by atoms with E-state index in [1.165, 1.54) is 30.5 Å². The van der Waals surface area contributed by atoms with Gasteiger partial charge in [-0.05, 0) is 24.3 Å². The normalized spacial score (nSPS) is 11.3. The number of aromatic nitrogens is 1. The molecule has 0 amide bonds. The van der Waals surface area contributed by atoms with Gasteiger partial charge in [0.25, 0.3) is 10.0 Å². The van der Waals surface area contributed by atoms with E-state index < -0.39 is 15.8 Å². The number of halogens is 2. The third kappa shape index (κ3) is 3.12. The van der Waals surface area contributed by atoms with Gasteiger partial charge in [-0.25, -0.2) is 17.8 Å². The maximum absolute atomic E-state index is 13.5. The molecular weight excluding hydrogens is 293 g/mol. The number of nitrogen functional groups attached to an aromatic ring is 1. The molecule has 0 unspecified atom stereocenters. The van der Waals surface area contributed by atoms with Crippen LogP contribution < -0.4 is 10.5 Å². The second kappa shape index (κ2) is 5.02. The van der Waals surface area contributed by atoms with Crippen molar-refractivity contribution in [2.75, 3.05) is 10.5 Å². The molecule has 0 fully saturated rings. The monoisotopic (exact) mass is 301 g/mol. The van der Waals surface area contributed by atoms with Crippen molar-refractivity contribution < 1.29 is 12.8 Å². The Morgan fingerprint density at radius 1 is 1.26 bits per heavy atom. The number of benzene rings is 1. The number of hydrogen-bond donors (Lipinski definition) is 2. The summed E-state index contributed by atoms with van der Waals surface area (Å²) in [7, 11) is -3.92. The van der Waals surface area contributed by atoms with Crippen LogP contribution in [0.25, 0.3) is 0 Å². The lowest BCUT2D eigenvalue weighted by atomic mass is 10.3. The van der Waals surface area contributed by atoms with E-state index in [0.29, 0.717) is 0 Å². The average Bonchev–Trinajstić information content (AvgIpc) is 2.33. The van der Waals surface area contributed by atoms with Gasteiger partial charge in [0.15, 0.2) is 0 Å². The Kier molecular flexibility index (Phi) is 3.59. The lowest BCUT2D eigenvalue weighted by Gasteiger charge is -2.09. The summed E-state index contributed by atoms with van der Waals surface area (Å²) >= 11 is 5.58. The quantitative estimate of drug-likeness (QED) is 0.910. The van der Waals surface area contributed by atoms with E-state index in [0.717, 1.165) is 6.07 Å². The minimum atomic E-state index is -3.92. The summed E-state index contributed by atoms with van der Waals surface area (Å²) < 4.78 is 39.6. The molecule has 100 valence electrons. The third-order valence-electron chi connectivity index (χ3n) is 2.24. The van der Waals surface area contributed by atoms with Crippen LogP contribution in [0.4, 0.5) is 15.9 Å². The number of rotatable bonds is 3. The Morgan fingerprint density at radius 3 is 2.63 bits per heavy atom. The SMILES string of the molecule is Nc1cc(S(=O)(=O)Nc2ccc(Cl)cc2F)ccn1. The number of nitrogens with zero attached hydrogens (tertiary/aromatic N) is 1. The van der Waals surface area contributed by atoms with E-state index >= 15 is 0 Å². The van der Waals surface area contributed by atoms with Crippen LogP contribution in [0.3, 0.4) is 0 Å². The first-order valence-electron chi connectivity index (χ1n) is 5.08. The van der Waals surface area contributed by atoms with Gasteiger partial charge in [0.1, 0.15) is 11.6 Å². The number of anilines is 2. The maximum atomic E-state index is 13.5. The molecule has 0 aliphatic heterocycles. The van der Waals surface area contributed by atoms with Crippen molar-refractivity contribution in [2.24, 2.45) is 0 Å². The molecule has 0 saturated heterocycles. The lowest BCUT2D eigenvalue weighted by molar-refractivity contribution is 0.598. The van der Waals surface area contributed by atoms with Gasteiger partial charge in [0, 0.05) is 17.3 Å². The van der Waals surface area contributed by atoms with Gasteiger partial charge in [-0.1, -0.05) is 11.6 Å². The second-order valence-corrected chi connectivity index (χ2v) is 5.76. The predicted molar refractivity (Wildman–Crippen MR) is 70.9 cm³/mol. The van der Waals surface area contributed by atoms with Crippen LogP contribution in [0.15, 0.2) is 41.4 Å². The van der Waals surface area contributed by atoms with Crippen LogP contribution in [-0.2, 0) is 10.0 Å². The molecule has 2 aromatic rings. The summed E-state index contributed by atoms with van der Waals surface area (Å²) in [5, 5.41) is 0.175. The largest absolute Gasteiger partial charge is 0.384 e. The summed E-state index contributed by atoms with van der Waals surface area (Å²) in [6.45, 7) is 0. The lowest BCUT2D eigenvalue weighted by Crippen LogP contribution is -2.14. The van der Waals surface area contributed by atoms with Gasteiger partial charge in [-0.15, -0.1) is 0 Å². The highest BCUT2D eigenvalue weighted by Crippen LogP contribution is 2.22. The van der Waals surface area contributed by atoms with E-state index in [2.05, 4.69) is 9.71 Å². The van der Waals surface area contributed by atoms with Crippen LogP contribution in [0, 0.1) is 5.82 Å². The molecule has 0 spiro atoms. The predicted octanol–water partition coefficient (Wildman–Crippen LogP) is 2.26. The van der Waals surface area contributed by atoms with Crippen LogP contribution in [-0.4, -0.2) is 13.4 Å². The number of sulfonamides is 1.